The van der Waals surface area contributed by atoms with Gasteiger partial charge >= 0.3 is 5.97 Å². The number of rotatable bonds is 6. The van der Waals surface area contributed by atoms with Crippen LogP contribution in [-0.2, 0) is 20.4 Å². The molecule has 3 nitrogen and oxygen atoms in total. The maximum atomic E-state index is 10.9. The number of methoxy groups -OCH3 is 1. The molecule has 1 aliphatic rings. The molecule has 1 aromatic rings. The Balaban J connectivity index is 2.17. The largest absolute Gasteiger partial charge is 0.481 e. The molecule has 0 bridgehead atoms. The van der Waals surface area contributed by atoms with Crippen LogP contribution in [0.2, 0.25) is 0 Å². The molecule has 0 heterocycles. The summed E-state index contributed by atoms with van der Waals surface area (Å²) in [5.41, 5.74) is 2.27. The summed E-state index contributed by atoms with van der Waals surface area (Å²) in [6.45, 7) is 4.97. The Morgan fingerprint density at radius 3 is 2.32 bits per heavy atom. The molecule has 0 spiro atoms. The first-order valence-electron chi connectivity index (χ1n) is 6.71. The fraction of sp³-hybridized carbons (Fsp3) is 0.562. The average Bonchev–Trinajstić information content (AvgIpc) is 3.09. The monoisotopic (exact) mass is 262 g/mol. The summed E-state index contributed by atoms with van der Waals surface area (Å²) in [6.07, 6.45) is 2.22. The van der Waals surface area contributed by atoms with Gasteiger partial charge in [-0.2, -0.15) is 0 Å². The molecule has 0 atom stereocenters. The van der Waals surface area contributed by atoms with E-state index in [1.807, 2.05) is 0 Å². The van der Waals surface area contributed by atoms with Crippen molar-refractivity contribution < 1.29 is 14.6 Å². The van der Waals surface area contributed by atoms with E-state index in [0.717, 1.165) is 18.4 Å². The van der Waals surface area contributed by atoms with E-state index < -0.39 is 5.97 Å². The van der Waals surface area contributed by atoms with Gasteiger partial charge in [-0.3, -0.25) is 4.79 Å². The van der Waals surface area contributed by atoms with E-state index in [0.29, 0.717) is 6.61 Å². The van der Waals surface area contributed by atoms with Gasteiger partial charge in [-0.25, -0.2) is 0 Å². The van der Waals surface area contributed by atoms with Crippen molar-refractivity contribution in [1.29, 1.82) is 0 Å². The molecule has 2 rings (SSSR count). The van der Waals surface area contributed by atoms with E-state index in [1.54, 1.807) is 7.11 Å². The molecule has 3 heteroatoms. The van der Waals surface area contributed by atoms with Crippen LogP contribution in [0, 0.1) is 0 Å². The van der Waals surface area contributed by atoms with Gasteiger partial charge in [0.15, 0.2) is 0 Å². The topological polar surface area (TPSA) is 46.5 Å². The van der Waals surface area contributed by atoms with Crippen molar-refractivity contribution >= 4 is 5.97 Å². The van der Waals surface area contributed by atoms with E-state index in [-0.39, 0.29) is 17.3 Å². The summed E-state index contributed by atoms with van der Waals surface area (Å²) in [5, 5.41) is 8.99. The van der Waals surface area contributed by atoms with Crippen LogP contribution in [0.1, 0.15) is 44.2 Å². The summed E-state index contributed by atoms with van der Waals surface area (Å²) >= 11 is 0. The zero-order chi connectivity index (χ0) is 14.1. The highest BCUT2D eigenvalue weighted by Crippen LogP contribution is 2.51. The molecule has 1 N–H and O–H groups in total. The molecule has 1 fully saturated rings. The van der Waals surface area contributed by atoms with Crippen molar-refractivity contribution in [3.05, 3.63) is 35.4 Å². The molecule has 0 unspecified atom stereocenters. The molecule has 0 amide bonds. The first-order valence-corrected chi connectivity index (χ1v) is 6.71. The van der Waals surface area contributed by atoms with E-state index in [9.17, 15) is 4.79 Å². The van der Waals surface area contributed by atoms with Crippen molar-refractivity contribution in [3.63, 3.8) is 0 Å². The molecule has 0 aliphatic heterocycles. The minimum Gasteiger partial charge on any atom is -0.481 e. The van der Waals surface area contributed by atoms with Gasteiger partial charge in [0.2, 0.25) is 0 Å². The first kappa shape index (κ1) is 14.1. The van der Waals surface area contributed by atoms with Crippen LogP contribution >= 0.6 is 0 Å². The first-order chi connectivity index (χ1) is 8.89. The Morgan fingerprint density at radius 2 is 1.89 bits per heavy atom. The summed E-state index contributed by atoms with van der Waals surface area (Å²) < 4.78 is 5.25. The lowest BCUT2D eigenvalue weighted by molar-refractivity contribution is -0.137. The van der Waals surface area contributed by atoms with Crippen molar-refractivity contribution in [1.82, 2.24) is 0 Å². The second-order valence-electron chi connectivity index (χ2n) is 6.25. The third kappa shape index (κ3) is 2.98. The fourth-order valence-electron chi connectivity index (χ4n) is 2.73. The number of carboxylic acids is 1. The fourth-order valence-corrected chi connectivity index (χ4v) is 2.73. The van der Waals surface area contributed by atoms with E-state index >= 15 is 0 Å². The molecule has 1 aliphatic carbocycles. The van der Waals surface area contributed by atoms with Crippen molar-refractivity contribution in [2.45, 2.75) is 43.9 Å². The van der Waals surface area contributed by atoms with Gasteiger partial charge in [0.1, 0.15) is 0 Å². The van der Waals surface area contributed by atoms with Gasteiger partial charge in [-0.15, -0.1) is 0 Å². The Labute approximate surface area is 114 Å². The van der Waals surface area contributed by atoms with Gasteiger partial charge in [-0.05, 0) is 24.0 Å². The number of aliphatic carboxylic acids is 1. The molecule has 19 heavy (non-hydrogen) atoms. The number of hydrogen-bond donors (Lipinski definition) is 1. The Morgan fingerprint density at radius 1 is 1.32 bits per heavy atom. The molecular formula is C16H22O3. The highest BCUT2D eigenvalue weighted by Gasteiger charge is 2.45. The molecule has 0 saturated heterocycles. The Bertz CT molecular complexity index is 455. The summed E-state index contributed by atoms with van der Waals surface area (Å²) in [5.74, 6) is -0.707. The quantitative estimate of drug-likeness (QED) is 0.856. The number of hydrogen-bond acceptors (Lipinski definition) is 2. The molecular weight excluding hydrogens is 240 g/mol. The van der Waals surface area contributed by atoms with Crippen molar-refractivity contribution in [2.75, 3.05) is 13.7 Å². The molecule has 1 saturated carbocycles. The average molecular weight is 262 g/mol. The highest BCUT2D eigenvalue weighted by atomic mass is 16.5. The lowest BCUT2D eigenvalue weighted by Gasteiger charge is -2.25. The lowest BCUT2D eigenvalue weighted by Crippen LogP contribution is -2.23. The Kier molecular flexibility index (Phi) is 3.68. The van der Waals surface area contributed by atoms with Gasteiger partial charge in [0.05, 0.1) is 13.0 Å². The molecule has 104 valence electrons. The van der Waals surface area contributed by atoms with Crippen LogP contribution in [0.25, 0.3) is 0 Å². The van der Waals surface area contributed by atoms with Gasteiger partial charge in [-0.1, -0.05) is 38.1 Å². The standard InChI is InChI=1S/C16H22O3/c1-15(2,11-19-3)12-4-6-13(7-5-12)16(8-9-16)10-14(17)18/h4-7H,8-11H2,1-3H3,(H,17,18). The van der Waals surface area contributed by atoms with E-state index in [1.165, 1.54) is 5.56 Å². The van der Waals surface area contributed by atoms with Crippen LogP contribution in [0.3, 0.4) is 0 Å². The molecule has 0 radical (unpaired) electrons. The van der Waals surface area contributed by atoms with E-state index in [2.05, 4.69) is 38.1 Å². The minimum atomic E-state index is -0.707. The maximum absolute atomic E-state index is 10.9. The second-order valence-corrected chi connectivity index (χ2v) is 6.25. The van der Waals surface area contributed by atoms with E-state index in [4.69, 9.17) is 9.84 Å². The molecule has 1 aromatic carbocycles. The number of benzene rings is 1. The third-order valence-corrected chi connectivity index (χ3v) is 4.13. The number of carboxylic acid groups (broad SMARTS) is 1. The minimum absolute atomic E-state index is 0.0171. The Hall–Kier alpha value is -1.35. The van der Waals surface area contributed by atoms with Gasteiger partial charge < -0.3 is 9.84 Å². The number of carbonyl (C=O) groups is 1. The van der Waals surface area contributed by atoms with Crippen LogP contribution in [0.4, 0.5) is 0 Å². The zero-order valence-corrected chi connectivity index (χ0v) is 11.9. The summed E-state index contributed by atoms with van der Waals surface area (Å²) in [6, 6.07) is 8.39. The van der Waals surface area contributed by atoms with Crippen LogP contribution in [0.5, 0.6) is 0 Å². The highest BCUT2D eigenvalue weighted by molar-refractivity contribution is 5.70. The van der Waals surface area contributed by atoms with Crippen molar-refractivity contribution in [3.8, 4) is 0 Å². The molecule has 0 aromatic heterocycles. The lowest BCUT2D eigenvalue weighted by atomic mass is 9.83. The SMILES string of the molecule is COCC(C)(C)c1ccc(C2(CC(=O)O)CC2)cc1. The maximum Gasteiger partial charge on any atom is 0.304 e. The second kappa shape index (κ2) is 4.97. The summed E-state index contributed by atoms with van der Waals surface area (Å²) in [7, 11) is 1.71. The van der Waals surface area contributed by atoms with Gasteiger partial charge in [0.25, 0.3) is 0 Å². The van der Waals surface area contributed by atoms with Crippen LogP contribution < -0.4 is 0 Å². The zero-order valence-electron chi connectivity index (χ0n) is 11.9. The van der Waals surface area contributed by atoms with Gasteiger partial charge in [0, 0.05) is 17.9 Å². The predicted octanol–water partition coefficient (Wildman–Crippen LogP) is 3.12. The summed E-state index contributed by atoms with van der Waals surface area (Å²) in [4.78, 5) is 10.9. The van der Waals surface area contributed by atoms with Crippen LogP contribution in [0.15, 0.2) is 24.3 Å². The third-order valence-electron chi connectivity index (χ3n) is 4.13. The number of ether oxygens (including phenoxy) is 1. The smallest absolute Gasteiger partial charge is 0.304 e. The van der Waals surface area contributed by atoms with Crippen molar-refractivity contribution in [2.24, 2.45) is 0 Å². The predicted molar refractivity (Wildman–Crippen MR) is 74.5 cm³/mol. The van der Waals surface area contributed by atoms with Crippen LogP contribution in [-0.4, -0.2) is 24.8 Å². The normalized spacial score (nSPS) is 17.2.